The highest BCUT2D eigenvalue weighted by atomic mass is 16.2. The number of nitrogens with zero attached hydrogens (tertiary/aromatic N) is 4. The van der Waals surface area contributed by atoms with Crippen molar-refractivity contribution >= 4 is 17.5 Å². The Morgan fingerprint density at radius 3 is 2.52 bits per heavy atom. The fraction of sp³-hybridized carbons (Fsp3) is 0.615. The van der Waals surface area contributed by atoms with Crippen LogP contribution < -0.4 is 10.2 Å². The minimum atomic E-state index is -0.0355. The molecule has 1 aliphatic carbocycles. The standard InChI is InChI=1S/C26H41N5O2/c1-6-12-31-19-22(15-20-17-25(32)21(16-24(20)31)18-28(2)3)27-26(33)30(5)14-13-29(4)23-10-8-7-9-11-23/h7-11,18,20,22,24H,6,12-17,19H2,1-5H3,(H,27,33)/t20-,22+,24-/m1/s1. The van der Waals surface area contributed by atoms with Crippen LogP contribution in [0.4, 0.5) is 10.5 Å². The zero-order valence-electron chi connectivity index (χ0n) is 21.0. The Hall–Kier alpha value is -2.54. The normalized spacial score (nSPS) is 24.3. The van der Waals surface area contributed by atoms with Gasteiger partial charge in [-0.25, -0.2) is 4.79 Å². The predicted octanol–water partition coefficient (Wildman–Crippen LogP) is 3.04. The van der Waals surface area contributed by atoms with Gasteiger partial charge in [-0.3, -0.25) is 9.69 Å². The summed E-state index contributed by atoms with van der Waals surface area (Å²) in [4.78, 5) is 34.0. The van der Waals surface area contributed by atoms with Crippen LogP contribution in [0, 0.1) is 5.92 Å². The Balaban J connectivity index is 1.56. The van der Waals surface area contributed by atoms with Crippen molar-refractivity contribution in [3.63, 3.8) is 0 Å². The maximum atomic E-state index is 12.9. The maximum Gasteiger partial charge on any atom is 0.317 e. The molecule has 7 heteroatoms. The van der Waals surface area contributed by atoms with Gasteiger partial charge in [0.05, 0.1) is 0 Å². The molecule has 2 aliphatic rings. The molecule has 1 saturated carbocycles. The number of urea groups is 1. The summed E-state index contributed by atoms with van der Waals surface area (Å²) in [5.74, 6) is 0.561. The fourth-order valence-corrected chi connectivity index (χ4v) is 5.12. The molecule has 0 aromatic heterocycles. The van der Waals surface area contributed by atoms with Gasteiger partial charge in [-0.1, -0.05) is 25.1 Å². The molecule has 7 nitrogen and oxygen atoms in total. The summed E-state index contributed by atoms with van der Waals surface area (Å²) in [6.07, 6.45) is 5.31. The van der Waals surface area contributed by atoms with E-state index in [2.05, 4.69) is 34.2 Å². The number of piperidine rings is 1. The lowest BCUT2D eigenvalue weighted by Gasteiger charge is -2.47. The molecule has 0 bridgehead atoms. The number of Topliss-reactive ketones (excluding diaryl/α,β-unsaturated/α-hetero) is 1. The molecule has 2 amide bonds. The molecule has 182 valence electrons. The second-order valence-corrected chi connectivity index (χ2v) is 9.83. The lowest BCUT2D eigenvalue weighted by molar-refractivity contribution is -0.119. The number of hydrogen-bond donors (Lipinski definition) is 1. The lowest BCUT2D eigenvalue weighted by atomic mass is 9.74. The molecule has 3 atom stereocenters. The molecule has 1 saturated heterocycles. The number of likely N-dealkylation sites (tertiary alicyclic amines) is 1. The molecular formula is C26H41N5O2. The number of anilines is 1. The van der Waals surface area contributed by atoms with Crippen molar-refractivity contribution in [1.82, 2.24) is 20.0 Å². The maximum absolute atomic E-state index is 12.9. The average molecular weight is 456 g/mol. The first-order valence-corrected chi connectivity index (χ1v) is 12.2. The van der Waals surface area contributed by atoms with E-state index in [1.165, 1.54) is 0 Å². The molecule has 1 heterocycles. The van der Waals surface area contributed by atoms with E-state index in [1.807, 2.05) is 57.5 Å². The number of amides is 2. The van der Waals surface area contributed by atoms with Crippen LogP contribution in [0.15, 0.2) is 42.1 Å². The quantitative estimate of drug-likeness (QED) is 0.611. The number of rotatable bonds is 8. The van der Waals surface area contributed by atoms with E-state index >= 15 is 0 Å². The van der Waals surface area contributed by atoms with Crippen molar-refractivity contribution in [3.05, 3.63) is 42.1 Å². The second kappa shape index (κ2) is 11.5. The number of carbonyl (C=O) groups excluding carboxylic acids is 2. The number of benzene rings is 1. The van der Waals surface area contributed by atoms with Gasteiger partial charge in [0.25, 0.3) is 0 Å². The number of likely N-dealkylation sites (N-methyl/N-ethyl adjacent to an activating group) is 2. The topological polar surface area (TPSA) is 59.1 Å². The van der Waals surface area contributed by atoms with Crippen LogP contribution in [-0.4, -0.2) is 93.0 Å². The number of para-hydroxylation sites is 1. The zero-order valence-corrected chi connectivity index (χ0v) is 21.0. The van der Waals surface area contributed by atoms with E-state index in [0.717, 1.165) is 50.2 Å². The highest BCUT2D eigenvalue weighted by molar-refractivity contribution is 5.96. The van der Waals surface area contributed by atoms with E-state index in [1.54, 1.807) is 4.90 Å². The largest absolute Gasteiger partial charge is 0.383 e. The predicted molar refractivity (Wildman–Crippen MR) is 134 cm³/mol. The van der Waals surface area contributed by atoms with E-state index in [-0.39, 0.29) is 17.9 Å². The van der Waals surface area contributed by atoms with Crippen LogP contribution in [0.2, 0.25) is 0 Å². The van der Waals surface area contributed by atoms with Gasteiger partial charge in [0.2, 0.25) is 0 Å². The Kier molecular flexibility index (Phi) is 8.78. The number of ketones is 1. The summed E-state index contributed by atoms with van der Waals surface area (Å²) in [5.41, 5.74) is 2.08. The van der Waals surface area contributed by atoms with Crippen molar-refractivity contribution in [2.75, 3.05) is 59.3 Å². The monoisotopic (exact) mass is 455 g/mol. The molecule has 1 aromatic rings. The molecule has 1 N–H and O–H groups in total. The Bertz CT molecular complexity index is 825. The van der Waals surface area contributed by atoms with Gasteiger partial charge in [0, 0.05) is 83.8 Å². The number of fused-ring (bicyclic) bond motifs is 1. The first kappa shape index (κ1) is 25.1. The van der Waals surface area contributed by atoms with Crippen LogP contribution in [0.1, 0.15) is 32.6 Å². The van der Waals surface area contributed by atoms with Crippen LogP contribution in [-0.2, 0) is 4.79 Å². The minimum Gasteiger partial charge on any atom is -0.383 e. The van der Waals surface area contributed by atoms with Crippen LogP contribution in [0.25, 0.3) is 0 Å². The first-order chi connectivity index (χ1) is 15.8. The van der Waals surface area contributed by atoms with Crippen LogP contribution in [0.3, 0.4) is 0 Å². The molecule has 0 spiro atoms. The van der Waals surface area contributed by atoms with Gasteiger partial charge in [-0.15, -0.1) is 0 Å². The molecular weight excluding hydrogens is 414 g/mol. The fourth-order valence-electron chi connectivity index (χ4n) is 5.12. The van der Waals surface area contributed by atoms with E-state index < -0.39 is 0 Å². The van der Waals surface area contributed by atoms with Gasteiger partial charge < -0.3 is 20.0 Å². The zero-order chi connectivity index (χ0) is 24.0. The number of carbonyl (C=O) groups is 2. The van der Waals surface area contributed by atoms with Crippen molar-refractivity contribution in [1.29, 1.82) is 0 Å². The third-order valence-corrected chi connectivity index (χ3v) is 6.86. The molecule has 33 heavy (non-hydrogen) atoms. The van der Waals surface area contributed by atoms with E-state index in [4.69, 9.17) is 0 Å². The van der Waals surface area contributed by atoms with Crippen LogP contribution in [0.5, 0.6) is 0 Å². The highest BCUT2D eigenvalue weighted by Crippen LogP contribution is 2.36. The summed E-state index contributed by atoms with van der Waals surface area (Å²) in [6.45, 7) is 5.45. The SMILES string of the molecule is CCCN1C[C@@H](NC(=O)N(C)CCN(C)c2ccccc2)C[C@@H]2CC(=O)C(=CN(C)C)C[C@H]21. The molecule has 1 aromatic carbocycles. The second-order valence-electron chi connectivity index (χ2n) is 9.83. The Morgan fingerprint density at radius 2 is 1.85 bits per heavy atom. The third-order valence-electron chi connectivity index (χ3n) is 6.86. The van der Waals surface area contributed by atoms with E-state index in [0.29, 0.717) is 24.9 Å². The van der Waals surface area contributed by atoms with Gasteiger partial charge >= 0.3 is 6.03 Å². The number of nitrogens with one attached hydrogen (secondary N) is 1. The Labute approximate surface area is 199 Å². The Morgan fingerprint density at radius 1 is 1.12 bits per heavy atom. The van der Waals surface area contributed by atoms with Crippen molar-refractivity contribution in [2.24, 2.45) is 5.92 Å². The summed E-state index contributed by atoms with van der Waals surface area (Å²) < 4.78 is 0. The number of hydrogen-bond acceptors (Lipinski definition) is 5. The highest BCUT2D eigenvalue weighted by Gasteiger charge is 2.41. The van der Waals surface area contributed by atoms with E-state index in [9.17, 15) is 9.59 Å². The van der Waals surface area contributed by atoms with Crippen molar-refractivity contribution < 1.29 is 9.59 Å². The smallest absolute Gasteiger partial charge is 0.317 e. The molecule has 0 unspecified atom stereocenters. The molecule has 3 rings (SSSR count). The lowest BCUT2D eigenvalue weighted by Crippen LogP contribution is -2.59. The minimum absolute atomic E-state index is 0.0355. The van der Waals surface area contributed by atoms with Crippen LogP contribution >= 0.6 is 0 Å². The van der Waals surface area contributed by atoms with Gasteiger partial charge in [0.1, 0.15) is 0 Å². The molecule has 0 radical (unpaired) electrons. The summed E-state index contributed by atoms with van der Waals surface area (Å²) in [5, 5.41) is 3.25. The first-order valence-electron chi connectivity index (χ1n) is 12.2. The van der Waals surface area contributed by atoms with Crippen molar-refractivity contribution in [3.8, 4) is 0 Å². The summed E-state index contributed by atoms with van der Waals surface area (Å²) in [7, 11) is 7.84. The summed E-state index contributed by atoms with van der Waals surface area (Å²) in [6, 6.07) is 10.6. The van der Waals surface area contributed by atoms with Gasteiger partial charge in [-0.05, 0) is 43.9 Å². The van der Waals surface area contributed by atoms with Gasteiger partial charge in [0.15, 0.2) is 5.78 Å². The van der Waals surface area contributed by atoms with Gasteiger partial charge in [-0.2, -0.15) is 0 Å². The summed E-state index contributed by atoms with van der Waals surface area (Å²) >= 11 is 0. The average Bonchev–Trinajstić information content (AvgIpc) is 2.78. The molecule has 1 aliphatic heterocycles. The van der Waals surface area contributed by atoms with Crippen molar-refractivity contribution in [2.45, 2.75) is 44.7 Å². The molecule has 2 fully saturated rings. The third kappa shape index (κ3) is 6.73.